The van der Waals surface area contributed by atoms with Crippen molar-refractivity contribution in [3.63, 3.8) is 0 Å². The van der Waals surface area contributed by atoms with E-state index < -0.39 is 0 Å². The standard InChI is InChI=1S/C21H22N2O4/c1-14(2)15-8-10-16(11-9-15)21-22-19(27-23-21)13-26-20(24)12-17-6-4-5-7-18(17)25-3/h4-11,14H,12-13H2,1-3H3. The molecule has 3 rings (SSSR count). The van der Waals surface area contributed by atoms with Crippen LogP contribution in [-0.4, -0.2) is 23.2 Å². The van der Waals surface area contributed by atoms with E-state index in [0.717, 1.165) is 11.1 Å². The molecule has 0 saturated carbocycles. The maximum absolute atomic E-state index is 12.1. The number of methoxy groups -OCH3 is 1. The molecule has 1 aromatic heterocycles. The summed E-state index contributed by atoms with van der Waals surface area (Å²) in [4.78, 5) is 16.4. The van der Waals surface area contributed by atoms with Gasteiger partial charge in [0, 0.05) is 11.1 Å². The van der Waals surface area contributed by atoms with Gasteiger partial charge in [0.15, 0.2) is 6.61 Å². The number of rotatable bonds is 7. The molecule has 0 atom stereocenters. The van der Waals surface area contributed by atoms with Crippen molar-refractivity contribution in [3.8, 4) is 17.1 Å². The molecule has 0 amide bonds. The number of hydrogen-bond acceptors (Lipinski definition) is 6. The van der Waals surface area contributed by atoms with E-state index in [1.807, 2.05) is 42.5 Å². The minimum Gasteiger partial charge on any atom is -0.496 e. The molecule has 0 unspecified atom stereocenters. The third kappa shape index (κ3) is 4.73. The van der Waals surface area contributed by atoms with Gasteiger partial charge in [0.05, 0.1) is 13.5 Å². The number of esters is 1. The van der Waals surface area contributed by atoms with Gasteiger partial charge in [-0.3, -0.25) is 4.79 Å². The van der Waals surface area contributed by atoms with Crippen molar-refractivity contribution >= 4 is 5.97 Å². The van der Waals surface area contributed by atoms with Crippen LogP contribution in [0, 0.1) is 0 Å². The number of hydrogen-bond donors (Lipinski definition) is 0. The molecule has 0 aliphatic heterocycles. The average molecular weight is 366 g/mol. The Labute approximate surface area is 158 Å². The predicted molar refractivity (Wildman–Crippen MR) is 100 cm³/mol. The number of benzene rings is 2. The lowest BCUT2D eigenvalue weighted by atomic mass is 10.0. The Kier molecular flexibility index (Phi) is 5.86. The molecule has 2 aromatic carbocycles. The maximum atomic E-state index is 12.1. The Morgan fingerprint density at radius 3 is 2.56 bits per heavy atom. The lowest BCUT2D eigenvalue weighted by Gasteiger charge is -2.07. The van der Waals surface area contributed by atoms with Crippen molar-refractivity contribution < 1.29 is 18.8 Å². The second kappa shape index (κ2) is 8.49. The highest BCUT2D eigenvalue weighted by Gasteiger charge is 2.13. The van der Waals surface area contributed by atoms with E-state index in [1.165, 1.54) is 5.56 Å². The lowest BCUT2D eigenvalue weighted by molar-refractivity contribution is -0.144. The minimum absolute atomic E-state index is 0.0644. The molecule has 0 aliphatic rings. The highest BCUT2D eigenvalue weighted by atomic mass is 16.6. The molecule has 0 N–H and O–H groups in total. The van der Waals surface area contributed by atoms with Crippen molar-refractivity contribution in [3.05, 3.63) is 65.5 Å². The van der Waals surface area contributed by atoms with Crippen LogP contribution in [0.1, 0.15) is 36.8 Å². The smallest absolute Gasteiger partial charge is 0.310 e. The summed E-state index contributed by atoms with van der Waals surface area (Å²) < 4.78 is 15.7. The van der Waals surface area contributed by atoms with Crippen molar-refractivity contribution in [2.24, 2.45) is 0 Å². The molecule has 0 bridgehead atoms. The Hall–Kier alpha value is -3.15. The first-order chi connectivity index (χ1) is 13.1. The quantitative estimate of drug-likeness (QED) is 0.585. The van der Waals surface area contributed by atoms with Gasteiger partial charge in [-0.25, -0.2) is 0 Å². The van der Waals surface area contributed by atoms with Crippen LogP contribution in [0.2, 0.25) is 0 Å². The number of nitrogens with zero attached hydrogens (tertiary/aromatic N) is 2. The number of ether oxygens (including phenoxy) is 2. The third-order valence-electron chi connectivity index (χ3n) is 4.19. The fourth-order valence-electron chi connectivity index (χ4n) is 2.65. The van der Waals surface area contributed by atoms with Crippen LogP contribution in [0.25, 0.3) is 11.4 Å². The number of para-hydroxylation sites is 1. The zero-order valence-electron chi connectivity index (χ0n) is 15.6. The van der Waals surface area contributed by atoms with Crippen molar-refractivity contribution in [2.75, 3.05) is 7.11 Å². The van der Waals surface area contributed by atoms with Crippen LogP contribution in [0.15, 0.2) is 53.1 Å². The number of carbonyl (C=O) groups excluding carboxylic acids is 1. The second-order valence-electron chi connectivity index (χ2n) is 6.44. The molecular formula is C21H22N2O4. The molecule has 27 heavy (non-hydrogen) atoms. The fraction of sp³-hybridized carbons (Fsp3) is 0.286. The predicted octanol–water partition coefficient (Wildman–Crippen LogP) is 4.15. The van der Waals surface area contributed by atoms with Crippen LogP contribution >= 0.6 is 0 Å². The molecule has 3 aromatic rings. The number of aromatic nitrogens is 2. The summed E-state index contributed by atoms with van der Waals surface area (Å²) in [6.45, 7) is 4.22. The van der Waals surface area contributed by atoms with Gasteiger partial charge < -0.3 is 14.0 Å². The average Bonchev–Trinajstić information content (AvgIpc) is 3.16. The molecule has 0 aliphatic carbocycles. The van der Waals surface area contributed by atoms with Crippen LogP contribution in [-0.2, 0) is 22.6 Å². The fourth-order valence-corrected chi connectivity index (χ4v) is 2.65. The molecule has 1 heterocycles. The van der Waals surface area contributed by atoms with E-state index in [1.54, 1.807) is 13.2 Å². The zero-order chi connectivity index (χ0) is 19.2. The zero-order valence-corrected chi connectivity index (χ0v) is 15.6. The summed E-state index contributed by atoms with van der Waals surface area (Å²) in [5.41, 5.74) is 2.86. The summed E-state index contributed by atoms with van der Waals surface area (Å²) in [6, 6.07) is 15.3. The summed E-state index contributed by atoms with van der Waals surface area (Å²) in [5.74, 6) is 1.45. The van der Waals surface area contributed by atoms with Gasteiger partial charge in [0.1, 0.15) is 5.75 Å². The van der Waals surface area contributed by atoms with Gasteiger partial charge in [0.2, 0.25) is 5.82 Å². The van der Waals surface area contributed by atoms with Crippen LogP contribution < -0.4 is 4.74 Å². The first-order valence-electron chi connectivity index (χ1n) is 8.77. The van der Waals surface area contributed by atoms with Gasteiger partial charge >= 0.3 is 5.97 Å². The SMILES string of the molecule is COc1ccccc1CC(=O)OCc1nc(-c2ccc(C(C)C)cc2)no1. The molecule has 6 nitrogen and oxygen atoms in total. The highest BCUT2D eigenvalue weighted by molar-refractivity contribution is 5.73. The van der Waals surface area contributed by atoms with Gasteiger partial charge in [-0.15, -0.1) is 0 Å². The molecule has 140 valence electrons. The summed E-state index contributed by atoms with van der Waals surface area (Å²) in [7, 11) is 1.57. The van der Waals surface area contributed by atoms with Crippen molar-refractivity contribution in [2.45, 2.75) is 32.8 Å². The van der Waals surface area contributed by atoms with E-state index in [2.05, 4.69) is 24.0 Å². The highest BCUT2D eigenvalue weighted by Crippen LogP contribution is 2.21. The Morgan fingerprint density at radius 2 is 1.85 bits per heavy atom. The van der Waals surface area contributed by atoms with E-state index in [0.29, 0.717) is 17.5 Å². The number of carbonyl (C=O) groups is 1. The maximum Gasteiger partial charge on any atom is 0.310 e. The van der Waals surface area contributed by atoms with E-state index in [4.69, 9.17) is 14.0 Å². The second-order valence-corrected chi connectivity index (χ2v) is 6.44. The van der Waals surface area contributed by atoms with E-state index >= 15 is 0 Å². The summed E-state index contributed by atoms with van der Waals surface area (Å²) in [5, 5.41) is 3.95. The normalized spacial score (nSPS) is 10.8. The topological polar surface area (TPSA) is 74.5 Å². The van der Waals surface area contributed by atoms with Crippen LogP contribution in [0.4, 0.5) is 0 Å². The Morgan fingerprint density at radius 1 is 1.11 bits per heavy atom. The van der Waals surface area contributed by atoms with E-state index in [-0.39, 0.29) is 24.9 Å². The summed E-state index contributed by atoms with van der Waals surface area (Å²) in [6.07, 6.45) is 0.113. The molecule has 0 fully saturated rings. The first kappa shape index (κ1) is 18.6. The van der Waals surface area contributed by atoms with Crippen molar-refractivity contribution in [1.82, 2.24) is 10.1 Å². The van der Waals surface area contributed by atoms with Crippen LogP contribution in [0.3, 0.4) is 0 Å². The molecular weight excluding hydrogens is 344 g/mol. The molecule has 0 radical (unpaired) electrons. The summed E-state index contributed by atoms with van der Waals surface area (Å²) >= 11 is 0. The monoisotopic (exact) mass is 366 g/mol. The van der Waals surface area contributed by atoms with Gasteiger partial charge in [0.25, 0.3) is 5.89 Å². The molecule has 0 spiro atoms. The van der Waals surface area contributed by atoms with Gasteiger partial charge in [-0.2, -0.15) is 4.98 Å². The lowest BCUT2D eigenvalue weighted by Crippen LogP contribution is -2.09. The minimum atomic E-state index is -0.388. The third-order valence-corrected chi connectivity index (χ3v) is 4.19. The Balaban J connectivity index is 1.58. The Bertz CT molecular complexity index is 901. The van der Waals surface area contributed by atoms with Crippen LogP contribution in [0.5, 0.6) is 5.75 Å². The van der Waals surface area contributed by atoms with Gasteiger partial charge in [-0.1, -0.05) is 61.5 Å². The molecule has 6 heteroatoms. The van der Waals surface area contributed by atoms with Crippen molar-refractivity contribution in [1.29, 1.82) is 0 Å². The van der Waals surface area contributed by atoms with E-state index in [9.17, 15) is 4.79 Å². The van der Waals surface area contributed by atoms with Gasteiger partial charge in [-0.05, 0) is 17.5 Å². The largest absolute Gasteiger partial charge is 0.496 e. The molecule has 0 saturated heterocycles. The first-order valence-corrected chi connectivity index (χ1v) is 8.77.